The summed E-state index contributed by atoms with van der Waals surface area (Å²) in [5, 5.41) is 7.85. The molecule has 0 aliphatic heterocycles. The molecule has 0 amide bonds. The Morgan fingerprint density at radius 3 is 2.56 bits per heavy atom. The van der Waals surface area contributed by atoms with E-state index in [1.165, 1.54) is 5.56 Å². The van der Waals surface area contributed by atoms with Crippen LogP contribution in [0.15, 0.2) is 28.7 Å². The first-order valence-electron chi connectivity index (χ1n) is 6.03. The standard InChI is InChI=1S/C14H18BrN3/c1-9-7-10(2)18(17-9)14-8-12(15)5-6-13(14)11(3)16-4/h5-8,11,16H,1-4H3. The van der Waals surface area contributed by atoms with Crippen molar-refractivity contribution in [3.05, 3.63) is 45.7 Å². The zero-order valence-corrected chi connectivity index (χ0v) is 12.7. The highest BCUT2D eigenvalue weighted by Crippen LogP contribution is 2.26. The smallest absolute Gasteiger partial charge is 0.0707 e. The van der Waals surface area contributed by atoms with Gasteiger partial charge in [0, 0.05) is 16.2 Å². The predicted molar refractivity (Wildman–Crippen MR) is 78.2 cm³/mol. The summed E-state index contributed by atoms with van der Waals surface area (Å²) in [6.45, 7) is 6.25. The molecule has 3 nitrogen and oxygen atoms in total. The van der Waals surface area contributed by atoms with E-state index in [9.17, 15) is 0 Å². The lowest BCUT2D eigenvalue weighted by Gasteiger charge is -2.17. The summed E-state index contributed by atoms with van der Waals surface area (Å²) in [7, 11) is 1.97. The zero-order valence-electron chi connectivity index (χ0n) is 11.2. The Morgan fingerprint density at radius 2 is 2.00 bits per heavy atom. The Morgan fingerprint density at radius 1 is 1.28 bits per heavy atom. The molecule has 0 aliphatic rings. The second kappa shape index (κ2) is 5.24. The maximum absolute atomic E-state index is 4.57. The second-order valence-corrected chi connectivity index (χ2v) is 5.47. The van der Waals surface area contributed by atoms with E-state index >= 15 is 0 Å². The van der Waals surface area contributed by atoms with Crippen molar-refractivity contribution in [3.8, 4) is 5.69 Å². The highest BCUT2D eigenvalue weighted by atomic mass is 79.9. The molecule has 0 fully saturated rings. The average molecular weight is 308 g/mol. The van der Waals surface area contributed by atoms with Gasteiger partial charge >= 0.3 is 0 Å². The van der Waals surface area contributed by atoms with E-state index in [1.807, 2.05) is 18.7 Å². The van der Waals surface area contributed by atoms with Crippen molar-refractivity contribution in [3.63, 3.8) is 0 Å². The maximum atomic E-state index is 4.57. The van der Waals surface area contributed by atoms with E-state index in [0.717, 1.165) is 21.5 Å². The summed E-state index contributed by atoms with van der Waals surface area (Å²) < 4.78 is 3.07. The number of hydrogen-bond donors (Lipinski definition) is 1. The first kappa shape index (κ1) is 13.3. The van der Waals surface area contributed by atoms with E-state index in [4.69, 9.17) is 0 Å². The third kappa shape index (κ3) is 2.49. The number of halogens is 1. The molecule has 1 heterocycles. The molecule has 0 bridgehead atoms. The van der Waals surface area contributed by atoms with Crippen LogP contribution in [-0.2, 0) is 0 Å². The van der Waals surface area contributed by atoms with E-state index in [-0.39, 0.29) is 6.04 Å². The summed E-state index contributed by atoms with van der Waals surface area (Å²) in [5.41, 5.74) is 4.55. The summed E-state index contributed by atoms with van der Waals surface area (Å²) in [4.78, 5) is 0. The largest absolute Gasteiger partial charge is 0.313 e. The topological polar surface area (TPSA) is 29.9 Å². The van der Waals surface area contributed by atoms with Crippen LogP contribution in [0.1, 0.15) is 29.9 Å². The molecule has 0 aliphatic carbocycles. The minimum atomic E-state index is 0.289. The first-order valence-corrected chi connectivity index (χ1v) is 6.82. The van der Waals surface area contributed by atoms with Crippen LogP contribution in [0.25, 0.3) is 5.69 Å². The molecule has 1 aromatic heterocycles. The van der Waals surface area contributed by atoms with Crippen molar-refractivity contribution >= 4 is 15.9 Å². The minimum Gasteiger partial charge on any atom is -0.313 e. The third-order valence-electron chi connectivity index (χ3n) is 3.13. The maximum Gasteiger partial charge on any atom is 0.0707 e. The minimum absolute atomic E-state index is 0.289. The van der Waals surface area contributed by atoms with Crippen molar-refractivity contribution in [1.29, 1.82) is 0 Å². The highest BCUT2D eigenvalue weighted by molar-refractivity contribution is 9.10. The van der Waals surface area contributed by atoms with Crippen LogP contribution in [0.4, 0.5) is 0 Å². The van der Waals surface area contributed by atoms with Gasteiger partial charge in [-0.25, -0.2) is 4.68 Å². The van der Waals surface area contributed by atoms with Gasteiger partial charge in [-0.05, 0) is 51.6 Å². The zero-order chi connectivity index (χ0) is 13.3. The first-order chi connectivity index (χ1) is 8.52. The van der Waals surface area contributed by atoms with E-state index in [0.29, 0.717) is 0 Å². The quantitative estimate of drug-likeness (QED) is 0.940. The van der Waals surface area contributed by atoms with Gasteiger partial charge in [0.15, 0.2) is 0 Å². The summed E-state index contributed by atoms with van der Waals surface area (Å²) in [5.74, 6) is 0. The van der Waals surface area contributed by atoms with E-state index in [2.05, 4.69) is 64.5 Å². The molecule has 0 saturated heterocycles. The molecule has 2 rings (SSSR count). The Balaban J connectivity index is 2.61. The van der Waals surface area contributed by atoms with Crippen LogP contribution >= 0.6 is 15.9 Å². The Bertz CT molecular complexity index is 560. The fraction of sp³-hybridized carbons (Fsp3) is 0.357. The summed E-state index contributed by atoms with van der Waals surface area (Å²) >= 11 is 3.53. The molecule has 1 atom stereocenters. The van der Waals surface area contributed by atoms with E-state index in [1.54, 1.807) is 0 Å². The van der Waals surface area contributed by atoms with Gasteiger partial charge in [0.05, 0.1) is 11.4 Å². The molecule has 18 heavy (non-hydrogen) atoms. The van der Waals surface area contributed by atoms with Gasteiger partial charge in [-0.1, -0.05) is 22.0 Å². The van der Waals surface area contributed by atoms with Crippen molar-refractivity contribution in [2.24, 2.45) is 0 Å². The molecule has 1 unspecified atom stereocenters. The molecule has 2 aromatic rings. The SMILES string of the molecule is CNC(C)c1ccc(Br)cc1-n1nc(C)cc1C. The van der Waals surface area contributed by atoms with Crippen molar-refractivity contribution in [2.75, 3.05) is 7.05 Å². The van der Waals surface area contributed by atoms with Crippen molar-refractivity contribution in [1.82, 2.24) is 15.1 Å². The van der Waals surface area contributed by atoms with Crippen LogP contribution in [-0.4, -0.2) is 16.8 Å². The Hall–Kier alpha value is -1.13. The lowest BCUT2D eigenvalue weighted by atomic mass is 10.1. The number of rotatable bonds is 3. The molecular weight excluding hydrogens is 290 g/mol. The molecule has 0 saturated carbocycles. The normalized spacial score (nSPS) is 12.7. The molecule has 1 N–H and O–H groups in total. The van der Waals surface area contributed by atoms with Gasteiger partial charge in [0.1, 0.15) is 0 Å². The van der Waals surface area contributed by atoms with Crippen LogP contribution in [0, 0.1) is 13.8 Å². The monoisotopic (exact) mass is 307 g/mol. The number of aromatic nitrogens is 2. The van der Waals surface area contributed by atoms with Crippen LogP contribution in [0.5, 0.6) is 0 Å². The molecule has 4 heteroatoms. The number of nitrogens with one attached hydrogen (secondary N) is 1. The number of hydrogen-bond acceptors (Lipinski definition) is 2. The second-order valence-electron chi connectivity index (χ2n) is 4.55. The van der Waals surface area contributed by atoms with E-state index < -0.39 is 0 Å². The van der Waals surface area contributed by atoms with Crippen molar-refractivity contribution in [2.45, 2.75) is 26.8 Å². The van der Waals surface area contributed by atoms with Gasteiger partial charge in [0.2, 0.25) is 0 Å². The highest BCUT2D eigenvalue weighted by Gasteiger charge is 2.13. The fourth-order valence-electron chi connectivity index (χ4n) is 2.09. The van der Waals surface area contributed by atoms with Gasteiger partial charge in [-0.2, -0.15) is 5.10 Å². The molecule has 0 spiro atoms. The predicted octanol–water partition coefficient (Wildman–Crippen LogP) is 3.53. The van der Waals surface area contributed by atoms with Crippen LogP contribution in [0.3, 0.4) is 0 Å². The lowest BCUT2D eigenvalue weighted by molar-refractivity contribution is 0.642. The third-order valence-corrected chi connectivity index (χ3v) is 3.62. The number of benzene rings is 1. The van der Waals surface area contributed by atoms with Gasteiger partial charge in [-0.3, -0.25) is 0 Å². The lowest BCUT2D eigenvalue weighted by Crippen LogP contribution is -2.15. The molecule has 1 aromatic carbocycles. The number of aryl methyl sites for hydroxylation is 2. The van der Waals surface area contributed by atoms with Gasteiger partial charge in [-0.15, -0.1) is 0 Å². The van der Waals surface area contributed by atoms with Crippen LogP contribution in [0.2, 0.25) is 0 Å². The number of nitrogens with zero attached hydrogens (tertiary/aromatic N) is 2. The fourth-order valence-corrected chi connectivity index (χ4v) is 2.44. The Kier molecular flexibility index (Phi) is 3.88. The molecule has 96 valence electrons. The van der Waals surface area contributed by atoms with Crippen LogP contribution < -0.4 is 5.32 Å². The molecule has 0 radical (unpaired) electrons. The summed E-state index contributed by atoms with van der Waals surface area (Å²) in [6, 6.07) is 8.70. The van der Waals surface area contributed by atoms with Crippen molar-refractivity contribution < 1.29 is 0 Å². The Labute approximate surface area is 116 Å². The van der Waals surface area contributed by atoms with Gasteiger partial charge < -0.3 is 5.32 Å². The van der Waals surface area contributed by atoms with Gasteiger partial charge in [0.25, 0.3) is 0 Å². The summed E-state index contributed by atoms with van der Waals surface area (Å²) in [6.07, 6.45) is 0. The molecular formula is C14H18BrN3. The average Bonchev–Trinajstić information content (AvgIpc) is 2.67.